The molecule has 2 aliphatic rings. The first-order valence-electron chi connectivity index (χ1n) is 5.62. The van der Waals surface area contributed by atoms with Crippen molar-refractivity contribution in [3.05, 3.63) is 23.8 Å². The molecule has 3 rings (SSSR count). The van der Waals surface area contributed by atoms with Crippen LogP contribution in [-0.4, -0.2) is 31.6 Å². The molecular formula is C13H12O5. The molecule has 0 N–H and O–H groups in total. The van der Waals surface area contributed by atoms with Crippen molar-refractivity contribution in [1.29, 1.82) is 0 Å². The Morgan fingerprint density at radius 2 is 2.22 bits per heavy atom. The monoisotopic (exact) mass is 248 g/mol. The number of esters is 1. The molecule has 1 aliphatic heterocycles. The van der Waals surface area contributed by atoms with E-state index in [1.165, 1.54) is 14.2 Å². The van der Waals surface area contributed by atoms with Crippen LogP contribution in [0.25, 0.3) is 0 Å². The number of carbonyl (C=O) groups is 2. The van der Waals surface area contributed by atoms with E-state index in [0.29, 0.717) is 23.5 Å². The highest BCUT2D eigenvalue weighted by Crippen LogP contribution is 2.54. The summed E-state index contributed by atoms with van der Waals surface area (Å²) in [4.78, 5) is 23.9. The average molecular weight is 248 g/mol. The average Bonchev–Trinajstić information content (AvgIpc) is 3.13. The van der Waals surface area contributed by atoms with Crippen molar-refractivity contribution in [2.24, 2.45) is 5.92 Å². The molecule has 1 aromatic rings. The molecule has 1 heterocycles. The second-order valence-corrected chi connectivity index (χ2v) is 4.47. The number of carbonyl (C=O) groups excluding carboxylic acids is 2. The van der Waals surface area contributed by atoms with Gasteiger partial charge in [-0.25, -0.2) is 4.79 Å². The summed E-state index contributed by atoms with van der Waals surface area (Å²) in [6.07, 6.45) is 0.384. The van der Waals surface area contributed by atoms with Gasteiger partial charge in [0.15, 0.2) is 5.78 Å². The van der Waals surface area contributed by atoms with E-state index in [1.54, 1.807) is 18.2 Å². The molecule has 1 aliphatic carbocycles. The molecule has 5 nitrogen and oxygen atoms in total. The molecule has 0 unspecified atom stereocenters. The lowest BCUT2D eigenvalue weighted by Gasteiger charge is -2.23. The molecule has 1 saturated carbocycles. The Morgan fingerprint density at radius 3 is 2.89 bits per heavy atom. The number of Topliss-reactive ketones (excluding diaryl/α,β-unsaturated/α-hetero) is 1. The Labute approximate surface area is 104 Å². The minimum absolute atomic E-state index is 0.0655. The van der Waals surface area contributed by atoms with Gasteiger partial charge in [0.05, 0.1) is 25.7 Å². The van der Waals surface area contributed by atoms with Gasteiger partial charge >= 0.3 is 5.97 Å². The van der Waals surface area contributed by atoms with E-state index >= 15 is 0 Å². The first kappa shape index (κ1) is 11.1. The summed E-state index contributed by atoms with van der Waals surface area (Å²) in [6.45, 7) is 0. The van der Waals surface area contributed by atoms with Gasteiger partial charge in [-0.15, -0.1) is 0 Å². The Kier molecular flexibility index (Phi) is 2.14. The Morgan fingerprint density at radius 1 is 1.44 bits per heavy atom. The van der Waals surface area contributed by atoms with E-state index in [2.05, 4.69) is 0 Å². The molecule has 0 bridgehead atoms. The van der Waals surface area contributed by atoms with Crippen molar-refractivity contribution in [2.45, 2.75) is 12.0 Å². The standard InChI is InChI=1S/C13H12O5/c1-16-7-3-4-8-10(5-7)18-13(12(15)17-2)6-9(13)11(8)14/h3-5,9H,6H2,1-2H3/t9-,13+/m1/s1. The zero-order chi connectivity index (χ0) is 12.9. The number of hydrogen-bond acceptors (Lipinski definition) is 5. The summed E-state index contributed by atoms with van der Waals surface area (Å²) in [7, 11) is 2.82. The van der Waals surface area contributed by atoms with E-state index in [1.807, 2.05) is 0 Å². The maximum atomic E-state index is 12.2. The van der Waals surface area contributed by atoms with Crippen LogP contribution in [0.2, 0.25) is 0 Å². The van der Waals surface area contributed by atoms with Crippen LogP contribution in [-0.2, 0) is 9.53 Å². The Bertz CT molecular complexity index is 550. The lowest BCUT2D eigenvalue weighted by molar-refractivity contribution is -0.152. The third-order valence-electron chi connectivity index (χ3n) is 3.50. The Balaban J connectivity index is 2.03. The fraction of sp³-hybridized carbons (Fsp3) is 0.385. The number of methoxy groups -OCH3 is 2. The first-order valence-corrected chi connectivity index (χ1v) is 5.62. The quantitative estimate of drug-likeness (QED) is 0.736. The largest absolute Gasteiger partial charge is 0.497 e. The Hall–Kier alpha value is -2.04. The molecule has 0 amide bonds. The highest BCUT2D eigenvalue weighted by Gasteiger charge is 2.70. The third-order valence-corrected chi connectivity index (χ3v) is 3.50. The van der Waals surface area contributed by atoms with Crippen molar-refractivity contribution in [2.75, 3.05) is 14.2 Å². The van der Waals surface area contributed by atoms with Gasteiger partial charge < -0.3 is 14.2 Å². The number of ether oxygens (including phenoxy) is 3. The van der Waals surface area contributed by atoms with Crippen molar-refractivity contribution in [3.8, 4) is 11.5 Å². The lowest BCUT2D eigenvalue weighted by atomic mass is 10.0. The predicted octanol–water partition coefficient (Wildman–Crippen LogP) is 1.20. The highest BCUT2D eigenvalue weighted by molar-refractivity contribution is 6.09. The minimum atomic E-state index is -1.11. The van der Waals surface area contributed by atoms with Gasteiger partial charge in [-0.1, -0.05) is 0 Å². The molecule has 0 spiro atoms. The van der Waals surface area contributed by atoms with Crippen LogP contribution in [0.5, 0.6) is 11.5 Å². The lowest BCUT2D eigenvalue weighted by Crippen LogP contribution is -2.38. The smallest absolute Gasteiger partial charge is 0.351 e. The van der Waals surface area contributed by atoms with Crippen molar-refractivity contribution in [1.82, 2.24) is 0 Å². The van der Waals surface area contributed by atoms with E-state index in [0.717, 1.165) is 0 Å². The fourth-order valence-electron chi connectivity index (χ4n) is 2.40. The SMILES string of the molecule is COC(=O)[C@]12C[C@@H]1C(=O)c1ccc(OC)cc1O2. The summed E-state index contributed by atoms with van der Waals surface area (Å²) >= 11 is 0. The van der Waals surface area contributed by atoms with E-state index in [4.69, 9.17) is 14.2 Å². The number of rotatable bonds is 2. The predicted molar refractivity (Wildman–Crippen MR) is 60.8 cm³/mol. The molecule has 0 saturated heterocycles. The highest BCUT2D eigenvalue weighted by atomic mass is 16.6. The van der Waals surface area contributed by atoms with Gasteiger partial charge in [-0.2, -0.15) is 0 Å². The molecule has 0 radical (unpaired) electrons. The molecule has 1 aromatic carbocycles. The molecule has 1 fully saturated rings. The molecule has 18 heavy (non-hydrogen) atoms. The van der Waals surface area contributed by atoms with Crippen LogP contribution in [0.3, 0.4) is 0 Å². The number of hydrogen-bond donors (Lipinski definition) is 0. The van der Waals surface area contributed by atoms with Gasteiger partial charge in [-0.3, -0.25) is 4.79 Å². The summed E-state index contributed by atoms with van der Waals surface area (Å²) in [5, 5.41) is 0. The third kappa shape index (κ3) is 1.27. The number of fused-ring (bicyclic) bond motifs is 2. The summed E-state index contributed by atoms with van der Waals surface area (Å²) in [5.74, 6) is 0.00336. The van der Waals surface area contributed by atoms with Crippen molar-refractivity contribution >= 4 is 11.8 Å². The summed E-state index contributed by atoms with van der Waals surface area (Å²) in [6, 6.07) is 4.98. The van der Waals surface area contributed by atoms with Gasteiger partial charge in [-0.05, 0) is 12.1 Å². The maximum Gasteiger partial charge on any atom is 0.351 e. The molecule has 94 valence electrons. The maximum absolute atomic E-state index is 12.2. The van der Waals surface area contributed by atoms with Crippen LogP contribution >= 0.6 is 0 Å². The van der Waals surface area contributed by atoms with Gasteiger partial charge in [0.1, 0.15) is 11.5 Å². The second-order valence-electron chi connectivity index (χ2n) is 4.47. The zero-order valence-electron chi connectivity index (χ0n) is 10.1. The van der Waals surface area contributed by atoms with E-state index in [-0.39, 0.29) is 5.78 Å². The summed E-state index contributed by atoms with van der Waals surface area (Å²) in [5.41, 5.74) is -0.608. The number of ketones is 1. The van der Waals surface area contributed by atoms with Crippen LogP contribution in [0, 0.1) is 5.92 Å². The van der Waals surface area contributed by atoms with Crippen molar-refractivity contribution in [3.63, 3.8) is 0 Å². The van der Waals surface area contributed by atoms with Crippen LogP contribution in [0.4, 0.5) is 0 Å². The van der Waals surface area contributed by atoms with Gasteiger partial charge in [0.2, 0.25) is 5.60 Å². The fourth-order valence-corrected chi connectivity index (χ4v) is 2.40. The normalized spacial score (nSPS) is 27.7. The van der Waals surface area contributed by atoms with Crippen LogP contribution < -0.4 is 9.47 Å². The molecule has 5 heteroatoms. The molecule has 2 atom stereocenters. The second kappa shape index (κ2) is 3.48. The molecule has 0 aromatic heterocycles. The minimum Gasteiger partial charge on any atom is -0.497 e. The van der Waals surface area contributed by atoms with E-state index in [9.17, 15) is 9.59 Å². The first-order chi connectivity index (χ1) is 8.62. The van der Waals surface area contributed by atoms with E-state index < -0.39 is 17.5 Å². The summed E-state index contributed by atoms with van der Waals surface area (Å²) < 4.78 is 15.5. The topological polar surface area (TPSA) is 61.8 Å². The molecular weight excluding hydrogens is 236 g/mol. The van der Waals surface area contributed by atoms with Crippen molar-refractivity contribution < 1.29 is 23.8 Å². The zero-order valence-corrected chi connectivity index (χ0v) is 10.1. The van der Waals surface area contributed by atoms with Gasteiger partial charge in [0.25, 0.3) is 0 Å². The van der Waals surface area contributed by atoms with Crippen LogP contribution in [0.1, 0.15) is 16.8 Å². The van der Waals surface area contributed by atoms with Crippen LogP contribution in [0.15, 0.2) is 18.2 Å². The number of benzene rings is 1. The van der Waals surface area contributed by atoms with Gasteiger partial charge in [0, 0.05) is 12.5 Å².